The summed E-state index contributed by atoms with van der Waals surface area (Å²) in [5.41, 5.74) is 4.32. The molecule has 7 heteroatoms. The maximum atomic E-state index is 12.9. The smallest absolute Gasteiger partial charge is 0.276 e. The van der Waals surface area contributed by atoms with E-state index in [1.165, 1.54) is 0 Å². The predicted molar refractivity (Wildman–Crippen MR) is 110 cm³/mol. The minimum Gasteiger partial charge on any atom is -0.463 e. The maximum Gasteiger partial charge on any atom is 0.276 e. The Kier molecular flexibility index (Phi) is 3.98. The first-order valence-electron chi connectivity index (χ1n) is 9.14. The summed E-state index contributed by atoms with van der Waals surface area (Å²) in [5.74, 6) is 0.337. The second-order valence-electron chi connectivity index (χ2n) is 6.66. The highest BCUT2D eigenvalue weighted by Crippen LogP contribution is 2.25. The van der Waals surface area contributed by atoms with Gasteiger partial charge in [-0.05, 0) is 49.4 Å². The summed E-state index contributed by atoms with van der Waals surface area (Å²) < 4.78 is 7.25. The van der Waals surface area contributed by atoms with Crippen LogP contribution in [0.15, 0.2) is 77.4 Å². The Morgan fingerprint density at radius 3 is 2.72 bits per heavy atom. The van der Waals surface area contributed by atoms with E-state index in [4.69, 9.17) is 4.42 Å². The number of nitrogens with zero attached hydrogens (tertiary/aromatic N) is 3. The molecule has 3 aromatic heterocycles. The van der Waals surface area contributed by atoms with Crippen LogP contribution in [0, 0.1) is 6.92 Å². The highest BCUT2D eigenvalue weighted by Gasteiger charge is 2.18. The molecule has 0 aliphatic carbocycles. The third kappa shape index (κ3) is 3.08. The number of nitrogens with one attached hydrogen (secondary N) is 2. The lowest BCUT2D eigenvalue weighted by molar-refractivity contribution is 0.102. The molecule has 5 rings (SSSR count). The van der Waals surface area contributed by atoms with Crippen molar-refractivity contribution in [1.29, 1.82) is 0 Å². The van der Waals surface area contributed by atoms with Crippen LogP contribution in [0.1, 0.15) is 16.2 Å². The van der Waals surface area contributed by atoms with Crippen LogP contribution < -0.4 is 5.32 Å². The second-order valence-corrected chi connectivity index (χ2v) is 6.66. The molecule has 2 N–H and O–H groups in total. The number of benzene rings is 2. The molecule has 0 spiro atoms. The number of amides is 1. The van der Waals surface area contributed by atoms with E-state index in [0.717, 1.165) is 22.3 Å². The fourth-order valence-corrected chi connectivity index (χ4v) is 3.28. The van der Waals surface area contributed by atoms with E-state index in [1.54, 1.807) is 23.1 Å². The lowest BCUT2D eigenvalue weighted by Gasteiger charge is -2.05. The average molecular weight is 383 g/mol. The van der Waals surface area contributed by atoms with Crippen LogP contribution in [0.3, 0.4) is 0 Å². The molecule has 0 radical (unpaired) electrons. The van der Waals surface area contributed by atoms with Gasteiger partial charge in [-0.3, -0.25) is 9.89 Å². The minimum atomic E-state index is -0.298. The van der Waals surface area contributed by atoms with Gasteiger partial charge in [-0.1, -0.05) is 18.2 Å². The van der Waals surface area contributed by atoms with Crippen LogP contribution >= 0.6 is 0 Å². The number of carbonyl (C=O) groups excluding carboxylic acids is 1. The summed E-state index contributed by atoms with van der Waals surface area (Å²) in [6.07, 6.45) is 1.60. The SMILES string of the molecule is Cc1n[nH]c2ccc(NC(=O)c3cc(-c4ccco4)n(-c4ccccc4)n3)cc12. The molecular weight excluding hydrogens is 366 g/mol. The van der Waals surface area contributed by atoms with E-state index in [-0.39, 0.29) is 5.91 Å². The fourth-order valence-electron chi connectivity index (χ4n) is 3.28. The number of aromatic nitrogens is 4. The third-order valence-electron chi connectivity index (χ3n) is 4.73. The predicted octanol–water partition coefficient (Wildman–Crippen LogP) is 4.57. The van der Waals surface area contributed by atoms with Crippen LogP contribution in [0.2, 0.25) is 0 Å². The molecule has 7 nitrogen and oxygen atoms in total. The molecule has 0 aliphatic heterocycles. The number of furan rings is 1. The molecule has 1 amide bonds. The Hall–Kier alpha value is -4.13. The van der Waals surface area contributed by atoms with E-state index in [0.29, 0.717) is 22.8 Å². The van der Waals surface area contributed by atoms with Crippen LogP contribution in [0.25, 0.3) is 28.0 Å². The Morgan fingerprint density at radius 1 is 1.07 bits per heavy atom. The number of rotatable bonds is 4. The number of para-hydroxylation sites is 1. The van der Waals surface area contributed by atoms with Gasteiger partial charge in [0.05, 0.1) is 23.2 Å². The number of H-pyrrole nitrogens is 1. The molecule has 0 aliphatic rings. The summed E-state index contributed by atoms with van der Waals surface area (Å²) in [6.45, 7) is 1.92. The molecule has 142 valence electrons. The number of hydrogen-bond acceptors (Lipinski definition) is 4. The molecule has 2 aromatic carbocycles. The van der Waals surface area contributed by atoms with E-state index in [2.05, 4.69) is 20.6 Å². The zero-order chi connectivity index (χ0) is 19.8. The Bertz CT molecular complexity index is 1300. The summed E-state index contributed by atoms with van der Waals surface area (Å²) in [4.78, 5) is 12.9. The van der Waals surface area contributed by atoms with Crippen molar-refractivity contribution in [2.75, 3.05) is 5.32 Å². The second kappa shape index (κ2) is 6.79. The molecule has 0 bridgehead atoms. The molecule has 3 heterocycles. The summed E-state index contributed by atoms with van der Waals surface area (Å²) >= 11 is 0. The average Bonchev–Trinajstić information content (AvgIpc) is 3.49. The number of aromatic amines is 1. The van der Waals surface area contributed by atoms with Gasteiger partial charge >= 0.3 is 0 Å². The van der Waals surface area contributed by atoms with Gasteiger partial charge in [0.15, 0.2) is 11.5 Å². The van der Waals surface area contributed by atoms with Gasteiger partial charge in [-0.25, -0.2) is 4.68 Å². The standard InChI is InChI=1S/C22H17N5O2/c1-14-17-12-15(9-10-18(17)25-24-14)23-22(28)19-13-20(21-8-5-11-29-21)27(26-19)16-6-3-2-4-7-16/h2-13H,1H3,(H,23,28)(H,24,25). The lowest BCUT2D eigenvalue weighted by Crippen LogP contribution is -2.13. The number of aryl methyl sites for hydroxylation is 1. The fraction of sp³-hybridized carbons (Fsp3) is 0.0455. The number of carbonyl (C=O) groups is 1. The monoisotopic (exact) mass is 383 g/mol. The van der Waals surface area contributed by atoms with E-state index >= 15 is 0 Å². The first-order chi connectivity index (χ1) is 14.2. The van der Waals surface area contributed by atoms with Gasteiger partial charge in [0, 0.05) is 17.1 Å². The molecule has 0 saturated heterocycles. The van der Waals surface area contributed by atoms with Gasteiger partial charge in [0.2, 0.25) is 0 Å². The van der Waals surface area contributed by atoms with Crippen molar-refractivity contribution in [1.82, 2.24) is 20.0 Å². The quantitative estimate of drug-likeness (QED) is 0.476. The van der Waals surface area contributed by atoms with Crippen molar-refractivity contribution >= 4 is 22.5 Å². The topological polar surface area (TPSA) is 88.7 Å². The Balaban J connectivity index is 1.51. The molecule has 5 aromatic rings. The van der Waals surface area contributed by atoms with Crippen molar-refractivity contribution in [3.05, 3.63) is 84.4 Å². The van der Waals surface area contributed by atoms with Gasteiger partial charge in [-0.2, -0.15) is 10.2 Å². The van der Waals surface area contributed by atoms with Crippen molar-refractivity contribution < 1.29 is 9.21 Å². The summed E-state index contributed by atoms with van der Waals surface area (Å²) in [7, 11) is 0. The normalized spacial score (nSPS) is 11.1. The Labute approximate surface area is 166 Å². The Morgan fingerprint density at radius 2 is 1.93 bits per heavy atom. The van der Waals surface area contributed by atoms with Gasteiger partial charge in [0.25, 0.3) is 5.91 Å². The van der Waals surface area contributed by atoms with Crippen molar-refractivity contribution in [3.63, 3.8) is 0 Å². The molecule has 0 saturated carbocycles. The highest BCUT2D eigenvalue weighted by atomic mass is 16.3. The number of hydrogen-bond donors (Lipinski definition) is 2. The molecule has 0 unspecified atom stereocenters. The minimum absolute atomic E-state index is 0.296. The van der Waals surface area contributed by atoms with Crippen molar-refractivity contribution in [3.8, 4) is 17.1 Å². The molecule has 0 atom stereocenters. The molecule has 29 heavy (non-hydrogen) atoms. The number of anilines is 1. The summed E-state index contributed by atoms with van der Waals surface area (Å²) in [5, 5.41) is 15.6. The van der Waals surface area contributed by atoms with E-state index in [1.807, 2.05) is 61.5 Å². The first-order valence-corrected chi connectivity index (χ1v) is 9.14. The zero-order valence-corrected chi connectivity index (χ0v) is 15.6. The van der Waals surface area contributed by atoms with Crippen LogP contribution in [-0.4, -0.2) is 25.9 Å². The van der Waals surface area contributed by atoms with Crippen molar-refractivity contribution in [2.24, 2.45) is 0 Å². The van der Waals surface area contributed by atoms with Crippen molar-refractivity contribution in [2.45, 2.75) is 6.92 Å². The maximum absolute atomic E-state index is 12.9. The third-order valence-corrected chi connectivity index (χ3v) is 4.73. The highest BCUT2D eigenvalue weighted by molar-refractivity contribution is 6.04. The van der Waals surface area contributed by atoms with Gasteiger partial charge in [-0.15, -0.1) is 0 Å². The molecule has 0 fully saturated rings. The van der Waals surface area contributed by atoms with Gasteiger partial charge < -0.3 is 9.73 Å². The van der Waals surface area contributed by atoms with Gasteiger partial charge in [0.1, 0.15) is 5.69 Å². The van der Waals surface area contributed by atoms with E-state index in [9.17, 15) is 4.79 Å². The van der Waals surface area contributed by atoms with E-state index < -0.39 is 0 Å². The first kappa shape index (κ1) is 17.0. The zero-order valence-electron chi connectivity index (χ0n) is 15.6. The summed E-state index contributed by atoms with van der Waals surface area (Å²) in [6, 6.07) is 20.6. The largest absolute Gasteiger partial charge is 0.463 e. The van der Waals surface area contributed by atoms with Crippen LogP contribution in [0.4, 0.5) is 5.69 Å². The van der Waals surface area contributed by atoms with Crippen LogP contribution in [0.5, 0.6) is 0 Å². The lowest BCUT2D eigenvalue weighted by atomic mass is 10.2. The number of fused-ring (bicyclic) bond motifs is 1. The molecular formula is C22H17N5O2. The van der Waals surface area contributed by atoms with Crippen LogP contribution in [-0.2, 0) is 0 Å².